The van der Waals surface area contributed by atoms with Gasteiger partial charge in [-0.1, -0.05) is 49.7 Å². The van der Waals surface area contributed by atoms with Crippen molar-refractivity contribution in [3.63, 3.8) is 0 Å². The summed E-state index contributed by atoms with van der Waals surface area (Å²) in [4.78, 5) is 9.06. The van der Waals surface area contributed by atoms with Crippen LogP contribution in [0, 0.1) is 3.57 Å². The second-order valence-corrected chi connectivity index (χ2v) is 6.88. The molecule has 1 aromatic heterocycles. The van der Waals surface area contributed by atoms with E-state index >= 15 is 0 Å². The summed E-state index contributed by atoms with van der Waals surface area (Å²) in [5.74, 6) is 1.19. The Morgan fingerprint density at radius 2 is 1.71 bits per heavy atom. The molecule has 0 atom stereocenters. The van der Waals surface area contributed by atoms with Gasteiger partial charge in [0.2, 0.25) is 0 Å². The third-order valence-electron chi connectivity index (χ3n) is 3.45. The van der Waals surface area contributed by atoms with Gasteiger partial charge in [-0.25, -0.2) is 9.97 Å². The minimum atomic E-state index is 0.501. The summed E-state index contributed by atoms with van der Waals surface area (Å²) >= 11 is 8.57. The standard InChI is InChI=1S/C17H14ClIN2/c1-10(2)11-3-5-12(6-4-11)17-20-15-8-7-13(19)9-14(15)16(18)21-17/h3-10H,1-2H3. The van der Waals surface area contributed by atoms with Crippen LogP contribution in [0.25, 0.3) is 22.3 Å². The van der Waals surface area contributed by atoms with Crippen molar-refractivity contribution in [3.05, 3.63) is 56.8 Å². The van der Waals surface area contributed by atoms with Crippen LogP contribution in [0.3, 0.4) is 0 Å². The van der Waals surface area contributed by atoms with E-state index in [1.807, 2.05) is 18.2 Å². The molecule has 0 saturated heterocycles. The van der Waals surface area contributed by atoms with Crippen molar-refractivity contribution < 1.29 is 0 Å². The number of benzene rings is 2. The Bertz CT molecular complexity index is 798. The number of rotatable bonds is 2. The van der Waals surface area contributed by atoms with E-state index in [2.05, 4.69) is 70.7 Å². The minimum Gasteiger partial charge on any atom is -0.228 e. The van der Waals surface area contributed by atoms with Crippen LogP contribution in [-0.2, 0) is 0 Å². The first-order chi connectivity index (χ1) is 10.0. The molecule has 0 unspecified atom stereocenters. The fourth-order valence-corrected chi connectivity index (χ4v) is 2.93. The summed E-state index contributed by atoms with van der Waals surface area (Å²) in [6.45, 7) is 4.36. The summed E-state index contributed by atoms with van der Waals surface area (Å²) in [5, 5.41) is 1.40. The predicted octanol–water partition coefficient (Wildman–Crippen LogP) is 5.68. The van der Waals surface area contributed by atoms with Crippen molar-refractivity contribution in [2.45, 2.75) is 19.8 Å². The van der Waals surface area contributed by atoms with Crippen LogP contribution in [0.15, 0.2) is 42.5 Å². The van der Waals surface area contributed by atoms with Crippen LogP contribution in [0.5, 0.6) is 0 Å². The van der Waals surface area contributed by atoms with E-state index in [1.54, 1.807) is 0 Å². The molecule has 0 bridgehead atoms. The van der Waals surface area contributed by atoms with Crippen molar-refractivity contribution in [3.8, 4) is 11.4 Å². The average Bonchev–Trinajstić information content (AvgIpc) is 2.48. The largest absolute Gasteiger partial charge is 0.228 e. The Hall–Kier alpha value is -1.20. The van der Waals surface area contributed by atoms with Gasteiger partial charge in [-0.3, -0.25) is 0 Å². The third-order valence-corrected chi connectivity index (χ3v) is 4.41. The SMILES string of the molecule is CC(C)c1ccc(-c2nc(Cl)c3cc(I)ccc3n2)cc1. The summed E-state index contributed by atoms with van der Waals surface area (Å²) in [5.41, 5.74) is 3.17. The van der Waals surface area contributed by atoms with Crippen LogP contribution in [-0.4, -0.2) is 9.97 Å². The fourth-order valence-electron chi connectivity index (χ4n) is 2.21. The molecule has 21 heavy (non-hydrogen) atoms. The molecule has 1 heterocycles. The molecule has 3 rings (SSSR count). The highest BCUT2D eigenvalue weighted by Crippen LogP contribution is 2.27. The highest BCUT2D eigenvalue weighted by Gasteiger charge is 2.09. The maximum absolute atomic E-state index is 6.31. The molecule has 0 saturated carbocycles. The van der Waals surface area contributed by atoms with Crippen molar-refractivity contribution in [1.82, 2.24) is 9.97 Å². The molecule has 0 fully saturated rings. The lowest BCUT2D eigenvalue weighted by Crippen LogP contribution is -1.93. The summed E-state index contributed by atoms with van der Waals surface area (Å²) in [7, 11) is 0. The van der Waals surface area contributed by atoms with Gasteiger partial charge in [-0.05, 0) is 52.3 Å². The molecule has 0 aliphatic heterocycles. The van der Waals surface area contributed by atoms with E-state index < -0.39 is 0 Å². The van der Waals surface area contributed by atoms with E-state index in [1.165, 1.54) is 5.56 Å². The van der Waals surface area contributed by atoms with Gasteiger partial charge >= 0.3 is 0 Å². The number of nitrogens with zero attached hydrogens (tertiary/aromatic N) is 2. The van der Waals surface area contributed by atoms with Crippen LogP contribution in [0.1, 0.15) is 25.3 Å². The second-order valence-electron chi connectivity index (χ2n) is 5.28. The first-order valence-corrected chi connectivity index (χ1v) is 8.23. The molecule has 0 aliphatic rings. The van der Waals surface area contributed by atoms with Crippen LogP contribution in [0.2, 0.25) is 5.15 Å². The summed E-state index contributed by atoms with van der Waals surface area (Å²) in [6.07, 6.45) is 0. The molecule has 0 radical (unpaired) electrons. The van der Waals surface area contributed by atoms with Gasteiger partial charge in [0.15, 0.2) is 5.82 Å². The van der Waals surface area contributed by atoms with Crippen molar-refractivity contribution >= 4 is 45.1 Å². The highest BCUT2D eigenvalue weighted by atomic mass is 127. The summed E-state index contributed by atoms with van der Waals surface area (Å²) < 4.78 is 1.12. The molecule has 0 amide bonds. The highest BCUT2D eigenvalue weighted by molar-refractivity contribution is 14.1. The van der Waals surface area contributed by atoms with E-state index in [0.29, 0.717) is 16.9 Å². The van der Waals surface area contributed by atoms with Gasteiger partial charge in [0, 0.05) is 14.5 Å². The Morgan fingerprint density at radius 3 is 2.38 bits per heavy atom. The predicted molar refractivity (Wildman–Crippen MR) is 96.8 cm³/mol. The van der Waals surface area contributed by atoms with E-state index in [0.717, 1.165) is 20.0 Å². The van der Waals surface area contributed by atoms with Gasteiger partial charge < -0.3 is 0 Å². The lowest BCUT2D eigenvalue weighted by molar-refractivity contribution is 0.867. The Morgan fingerprint density at radius 1 is 1.00 bits per heavy atom. The maximum Gasteiger partial charge on any atom is 0.161 e. The number of aromatic nitrogens is 2. The zero-order chi connectivity index (χ0) is 15.0. The molecular formula is C17H14ClIN2. The first-order valence-electron chi connectivity index (χ1n) is 6.78. The molecule has 3 aromatic rings. The average molecular weight is 409 g/mol. The van der Waals surface area contributed by atoms with E-state index in [9.17, 15) is 0 Å². The van der Waals surface area contributed by atoms with E-state index in [4.69, 9.17) is 11.6 Å². The van der Waals surface area contributed by atoms with Crippen molar-refractivity contribution in [1.29, 1.82) is 0 Å². The molecule has 0 N–H and O–H groups in total. The number of fused-ring (bicyclic) bond motifs is 1. The lowest BCUT2D eigenvalue weighted by Gasteiger charge is -2.08. The quantitative estimate of drug-likeness (QED) is 0.403. The molecule has 106 valence electrons. The topological polar surface area (TPSA) is 25.8 Å². The molecular weight excluding hydrogens is 395 g/mol. The smallest absolute Gasteiger partial charge is 0.161 e. The Labute approximate surface area is 142 Å². The van der Waals surface area contributed by atoms with Gasteiger partial charge in [-0.2, -0.15) is 0 Å². The normalized spacial score (nSPS) is 11.3. The molecule has 4 heteroatoms. The minimum absolute atomic E-state index is 0.501. The molecule has 2 aromatic carbocycles. The molecule has 0 spiro atoms. The Balaban J connectivity index is 2.10. The monoisotopic (exact) mass is 408 g/mol. The van der Waals surface area contributed by atoms with Crippen molar-refractivity contribution in [2.24, 2.45) is 0 Å². The van der Waals surface area contributed by atoms with Crippen LogP contribution < -0.4 is 0 Å². The lowest BCUT2D eigenvalue weighted by atomic mass is 10.0. The van der Waals surface area contributed by atoms with Crippen LogP contribution in [0.4, 0.5) is 0 Å². The number of halogens is 2. The van der Waals surface area contributed by atoms with Crippen LogP contribution >= 0.6 is 34.2 Å². The third kappa shape index (κ3) is 3.04. The maximum atomic E-state index is 6.31. The first kappa shape index (κ1) is 14.7. The van der Waals surface area contributed by atoms with Gasteiger partial charge in [0.1, 0.15) is 5.15 Å². The van der Waals surface area contributed by atoms with Gasteiger partial charge in [0.25, 0.3) is 0 Å². The van der Waals surface area contributed by atoms with E-state index in [-0.39, 0.29) is 0 Å². The fraction of sp³-hybridized carbons (Fsp3) is 0.176. The molecule has 2 nitrogen and oxygen atoms in total. The number of hydrogen-bond acceptors (Lipinski definition) is 2. The van der Waals surface area contributed by atoms with Gasteiger partial charge in [-0.15, -0.1) is 0 Å². The zero-order valence-electron chi connectivity index (χ0n) is 11.8. The second kappa shape index (κ2) is 5.89. The number of hydrogen-bond donors (Lipinski definition) is 0. The van der Waals surface area contributed by atoms with Crippen molar-refractivity contribution in [2.75, 3.05) is 0 Å². The van der Waals surface area contributed by atoms with Gasteiger partial charge in [0.05, 0.1) is 5.52 Å². The molecule has 0 aliphatic carbocycles. The summed E-state index contributed by atoms with van der Waals surface area (Å²) in [6, 6.07) is 14.4. The zero-order valence-corrected chi connectivity index (χ0v) is 14.7. The Kier molecular flexibility index (Phi) is 4.13.